The molecule has 0 heterocycles. The Bertz CT molecular complexity index is 479. The molecule has 1 amide bonds. The van der Waals surface area contributed by atoms with E-state index in [0.717, 1.165) is 12.8 Å². The summed E-state index contributed by atoms with van der Waals surface area (Å²) < 4.78 is 5.05. The standard InChI is InChI=1S/C14H17NO4/c1-9(16)15(11-5-6-11)13(14(17)18)10-3-7-12(19-2)8-4-10/h3-4,7-8,11,13H,5-6H2,1-2H3,(H,17,18). The summed E-state index contributed by atoms with van der Waals surface area (Å²) in [6.07, 6.45) is 1.75. The zero-order chi connectivity index (χ0) is 14.0. The SMILES string of the molecule is COc1ccc(C(C(=O)O)N(C(C)=O)C2CC2)cc1. The van der Waals surface area contributed by atoms with Gasteiger partial charge < -0.3 is 14.7 Å². The van der Waals surface area contributed by atoms with Gasteiger partial charge in [-0.25, -0.2) is 4.79 Å². The maximum Gasteiger partial charge on any atom is 0.331 e. The van der Waals surface area contributed by atoms with E-state index in [9.17, 15) is 14.7 Å². The van der Waals surface area contributed by atoms with Crippen molar-refractivity contribution in [1.82, 2.24) is 4.90 Å². The van der Waals surface area contributed by atoms with Crippen molar-refractivity contribution in [3.63, 3.8) is 0 Å². The van der Waals surface area contributed by atoms with Crippen LogP contribution in [0.15, 0.2) is 24.3 Å². The number of hydrogen-bond donors (Lipinski definition) is 1. The molecule has 102 valence electrons. The number of ether oxygens (including phenoxy) is 1. The van der Waals surface area contributed by atoms with E-state index in [4.69, 9.17) is 4.74 Å². The number of hydrogen-bond acceptors (Lipinski definition) is 3. The number of carbonyl (C=O) groups excluding carboxylic acids is 1. The third kappa shape index (κ3) is 2.86. The molecule has 0 spiro atoms. The molecular formula is C14H17NO4. The molecule has 0 aromatic heterocycles. The first kappa shape index (κ1) is 13.4. The van der Waals surface area contributed by atoms with Crippen LogP contribution in [0.25, 0.3) is 0 Å². The minimum Gasteiger partial charge on any atom is -0.497 e. The molecule has 1 unspecified atom stereocenters. The number of amides is 1. The summed E-state index contributed by atoms with van der Waals surface area (Å²) in [6, 6.07) is 5.93. The van der Waals surface area contributed by atoms with E-state index in [1.54, 1.807) is 31.4 Å². The van der Waals surface area contributed by atoms with Crippen LogP contribution in [0.3, 0.4) is 0 Å². The lowest BCUT2D eigenvalue weighted by molar-refractivity contribution is -0.150. The average molecular weight is 263 g/mol. The molecule has 0 aliphatic heterocycles. The van der Waals surface area contributed by atoms with Gasteiger partial charge in [-0.3, -0.25) is 4.79 Å². The minimum atomic E-state index is -1.01. The Labute approximate surface area is 111 Å². The molecule has 1 atom stereocenters. The van der Waals surface area contributed by atoms with Crippen molar-refractivity contribution in [3.8, 4) is 5.75 Å². The minimum absolute atomic E-state index is 0.0562. The predicted octanol–water partition coefficient (Wildman–Crippen LogP) is 1.83. The summed E-state index contributed by atoms with van der Waals surface area (Å²) in [6.45, 7) is 1.41. The van der Waals surface area contributed by atoms with Crippen LogP contribution in [0.5, 0.6) is 5.75 Å². The Morgan fingerprint density at radius 3 is 2.26 bits per heavy atom. The van der Waals surface area contributed by atoms with Gasteiger partial charge in [0.1, 0.15) is 5.75 Å². The lowest BCUT2D eigenvalue weighted by Gasteiger charge is -2.28. The van der Waals surface area contributed by atoms with E-state index < -0.39 is 12.0 Å². The predicted molar refractivity (Wildman–Crippen MR) is 68.9 cm³/mol. The number of aliphatic carboxylic acids is 1. The molecule has 1 aliphatic rings. The first-order chi connectivity index (χ1) is 9.04. The molecule has 1 N–H and O–H groups in total. The van der Waals surface area contributed by atoms with Crippen LogP contribution in [0.4, 0.5) is 0 Å². The van der Waals surface area contributed by atoms with Crippen molar-refractivity contribution in [3.05, 3.63) is 29.8 Å². The largest absolute Gasteiger partial charge is 0.497 e. The fraction of sp³-hybridized carbons (Fsp3) is 0.429. The van der Waals surface area contributed by atoms with E-state index >= 15 is 0 Å². The van der Waals surface area contributed by atoms with Crippen molar-refractivity contribution < 1.29 is 19.4 Å². The second-order valence-corrected chi connectivity index (χ2v) is 4.67. The van der Waals surface area contributed by atoms with Gasteiger partial charge in [0, 0.05) is 13.0 Å². The number of benzene rings is 1. The lowest BCUT2D eigenvalue weighted by atomic mass is 10.0. The molecule has 1 fully saturated rings. The summed E-state index contributed by atoms with van der Waals surface area (Å²) >= 11 is 0. The molecule has 2 rings (SSSR count). The first-order valence-electron chi connectivity index (χ1n) is 6.20. The van der Waals surface area contributed by atoms with E-state index in [2.05, 4.69) is 0 Å². The highest BCUT2D eigenvalue weighted by atomic mass is 16.5. The fourth-order valence-corrected chi connectivity index (χ4v) is 2.21. The summed E-state index contributed by atoms with van der Waals surface area (Å²) in [5.74, 6) is -0.549. The number of rotatable bonds is 5. The zero-order valence-electron chi connectivity index (χ0n) is 11.0. The first-order valence-corrected chi connectivity index (χ1v) is 6.20. The van der Waals surface area contributed by atoms with Gasteiger partial charge in [-0.1, -0.05) is 12.1 Å². The summed E-state index contributed by atoms with van der Waals surface area (Å²) in [5, 5.41) is 9.42. The fourth-order valence-electron chi connectivity index (χ4n) is 2.21. The molecule has 5 nitrogen and oxygen atoms in total. The molecule has 5 heteroatoms. The van der Waals surface area contributed by atoms with Gasteiger partial charge in [0.25, 0.3) is 0 Å². The Morgan fingerprint density at radius 2 is 1.89 bits per heavy atom. The summed E-state index contributed by atoms with van der Waals surface area (Å²) in [7, 11) is 1.55. The number of carboxylic acids is 1. The van der Waals surface area contributed by atoms with Crippen molar-refractivity contribution in [1.29, 1.82) is 0 Å². The van der Waals surface area contributed by atoms with Crippen LogP contribution >= 0.6 is 0 Å². The number of carboxylic acid groups (broad SMARTS) is 1. The van der Waals surface area contributed by atoms with Crippen molar-refractivity contribution in [2.45, 2.75) is 31.8 Å². The Morgan fingerprint density at radius 1 is 1.32 bits per heavy atom. The average Bonchev–Trinajstić information content (AvgIpc) is 3.19. The van der Waals surface area contributed by atoms with Crippen LogP contribution < -0.4 is 4.74 Å². The van der Waals surface area contributed by atoms with Gasteiger partial charge in [0.15, 0.2) is 6.04 Å². The monoisotopic (exact) mass is 263 g/mol. The Balaban J connectivity index is 2.32. The van der Waals surface area contributed by atoms with Crippen LogP contribution in [0.1, 0.15) is 31.4 Å². The van der Waals surface area contributed by atoms with Gasteiger partial charge >= 0.3 is 5.97 Å². The third-order valence-corrected chi connectivity index (χ3v) is 3.25. The Hall–Kier alpha value is -2.04. The van der Waals surface area contributed by atoms with Gasteiger partial charge in [0.05, 0.1) is 7.11 Å². The number of nitrogens with zero attached hydrogens (tertiary/aromatic N) is 1. The summed E-state index contributed by atoms with van der Waals surface area (Å²) in [4.78, 5) is 24.7. The highest BCUT2D eigenvalue weighted by Gasteiger charge is 2.39. The number of methoxy groups -OCH3 is 1. The van der Waals surface area contributed by atoms with Crippen LogP contribution in [0, 0.1) is 0 Å². The van der Waals surface area contributed by atoms with Crippen molar-refractivity contribution in [2.24, 2.45) is 0 Å². The van der Waals surface area contributed by atoms with Gasteiger partial charge in [0.2, 0.25) is 5.91 Å². The summed E-state index contributed by atoms with van der Waals surface area (Å²) in [5.41, 5.74) is 0.593. The molecule has 1 aromatic rings. The van der Waals surface area contributed by atoms with Gasteiger partial charge in [-0.2, -0.15) is 0 Å². The second kappa shape index (κ2) is 5.30. The maximum atomic E-state index is 11.7. The molecule has 1 aromatic carbocycles. The van der Waals surface area contributed by atoms with Crippen LogP contribution in [-0.2, 0) is 9.59 Å². The van der Waals surface area contributed by atoms with E-state index in [1.807, 2.05) is 0 Å². The molecular weight excluding hydrogens is 246 g/mol. The van der Waals surface area contributed by atoms with Gasteiger partial charge in [-0.15, -0.1) is 0 Å². The normalized spacial score (nSPS) is 15.7. The zero-order valence-corrected chi connectivity index (χ0v) is 11.0. The van der Waals surface area contributed by atoms with E-state index in [0.29, 0.717) is 11.3 Å². The number of carbonyl (C=O) groups is 2. The second-order valence-electron chi connectivity index (χ2n) is 4.67. The molecule has 1 aliphatic carbocycles. The van der Waals surface area contributed by atoms with Crippen LogP contribution in [0.2, 0.25) is 0 Å². The van der Waals surface area contributed by atoms with Crippen molar-refractivity contribution >= 4 is 11.9 Å². The molecule has 0 radical (unpaired) electrons. The van der Waals surface area contributed by atoms with Gasteiger partial charge in [-0.05, 0) is 30.5 Å². The highest BCUT2D eigenvalue weighted by Crippen LogP contribution is 2.35. The van der Waals surface area contributed by atoms with E-state index in [1.165, 1.54) is 11.8 Å². The highest BCUT2D eigenvalue weighted by molar-refractivity contribution is 5.84. The molecule has 0 bridgehead atoms. The molecule has 0 saturated heterocycles. The molecule has 1 saturated carbocycles. The third-order valence-electron chi connectivity index (χ3n) is 3.25. The maximum absolute atomic E-state index is 11.7. The topological polar surface area (TPSA) is 66.8 Å². The van der Waals surface area contributed by atoms with Crippen LogP contribution in [-0.4, -0.2) is 35.0 Å². The van der Waals surface area contributed by atoms with Crippen molar-refractivity contribution in [2.75, 3.05) is 7.11 Å². The lowest BCUT2D eigenvalue weighted by Crippen LogP contribution is -2.39. The quantitative estimate of drug-likeness (QED) is 0.880. The smallest absolute Gasteiger partial charge is 0.331 e. The Kier molecular flexibility index (Phi) is 3.74. The van der Waals surface area contributed by atoms with E-state index in [-0.39, 0.29) is 11.9 Å². The molecule has 19 heavy (non-hydrogen) atoms.